The zero-order valence-corrected chi connectivity index (χ0v) is 15.9. The van der Waals surface area contributed by atoms with E-state index in [1.807, 2.05) is 18.2 Å². The molecule has 6 nitrogen and oxygen atoms in total. The Kier molecular flexibility index (Phi) is 5.33. The molecule has 1 N–H and O–H groups in total. The Bertz CT molecular complexity index is 951. The third-order valence-electron chi connectivity index (χ3n) is 4.53. The highest BCUT2D eigenvalue weighted by molar-refractivity contribution is 7.22. The van der Waals surface area contributed by atoms with E-state index >= 15 is 0 Å². The minimum atomic E-state index is -0.222. The highest BCUT2D eigenvalue weighted by atomic mass is 32.1. The van der Waals surface area contributed by atoms with Gasteiger partial charge in [0, 0.05) is 19.6 Å². The second-order valence-corrected chi connectivity index (χ2v) is 7.39. The van der Waals surface area contributed by atoms with Crippen LogP contribution in [0.5, 0.6) is 5.75 Å². The van der Waals surface area contributed by atoms with Crippen molar-refractivity contribution in [3.63, 3.8) is 0 Å². The van der Waals surface area contributed by atoms with Gasteiger partial charge in [0.05, 0.1) is 36.1 Å². The Morgan fingerprint density at radius 3 is 2.89 bits per heavy atom. The SMILES string of the molecule is COc1ccccc1C(=O)Nc1nc2ccc(CN3CCOCC3)cc2s1. The molecular formula is C20H21N3O3S. The molecule has 27 heavy (non-hydrogen) atoms. The van der Waals surface area contributed by atoms with Gasteiger partial charge in [-0.15, -0.1) is 0 Å². The van der Waals surface area contributed by atoms with Crippen LogP contribution in [0.3, 0.4) is 0 Å². The zero-order chi connectivity index (χ0) is 18.6. The molecule has 0 aliphatic carbocycles. The summed E-state index contributed by atoms with van der Waals surface area (Å²) in [6.45, 7) is 4.41. The van der Waals surface area contributed by atoms with Gasteiger partial charge in [-0.05, 0) is 29.8 Å². The molecule has 3 aromatic rings. The van der Waals surface area contributed by atoms with Crippen LogP contribution in [0.15, 0.2) is 42.5 Å². The van der Waals surface area contributed by atoms with Gasteiger partial charge >= 0.3 is 0 Å². The second-order valence-electron chi connectivity index (χ2n) is 6.36. The smallest absolute Gasteiger partial charge is 0.261 e. The summed E-state index contributed by atoms with van der Waals surface area (Å²) in [7, 11) is 1.56. The van der Waals surface area contributed by atoms with E-state index in [-0.39, 0.29) is 5.91 Å². The summed E-state index contributed by atoms with van der Waals surface area (Å²) in [4.78, 5) is 19.5. The lowest BCUT2D eigenvalue weighted by atomic mass is 10.2. The van der Waals surface area contributed by atoms with E-state index < -0.39 is 0 Å². The van der Waals surface area contributed by atoms with Crippen LogP contribution in [-0.4, -0.2) is 49.2 Å². The van der Waals surface area contributed by atoms with Crippen LogP contribution in [0.4, 0.5) is 5.13 Å². The number of benzene rings is 2. The highest BCUT2D eigenvalue weighted by Crippen LogP contribution is 2.28. The van der Waals surface area contributed by atoms with Crippen LogP contribution in [0, 0.1) is 0 Å². The molecule has 0 spiro atoms. The number of fused-ring (bicyclic) bond motifs is 1. The third kappa shape index (κ3) is 4.10. The van der Waals surface area contributed by atoms with Crippen LogP contribution in [0.2, 0.25) is 0 Å². The number of anilines is 1. The van der Waals surface area contributed by atoms with E-state index in [2.05, 4.69) is 27.3 Å². The van der Waals surface area contributed by atoms with Crippen molar-refractivity contribution >= 4 is 32.6 Å². The highest BCUT2D eigenvalue weighted by Gasteiger charge is 2.15. The number of hydrogen-bond acceptors (Lipinski definition) is 6. The second kappa shape index (κ2) is 8.04. The number of para-hydroxylation sites is 1. The van der Waals surface area contributed by atoms with Crippen molar-refractivity contribution in [2.45, 2.75) is 6.54 Å². The molecule has 4 rings (SSSR count). The first-order valence-electron chi connectivity index (χ1n) is 8.87. The summed E-state index contributed by atoms with van der Waals surface area (Å²) >= 11 is 1.48. The third-order valence-corrected chi connectivity index (χ3v) is 5.47. The van der Waals surface area contributed by atoms with Gasteiger partial charge in [0.15, 0.2) is 5.13 Å². The molecule has 1 aliphatic heterocycles. The Labute approximate surface area is 161 Å². The maximum Gasteiger partial charge on any atom is 0.261 e. The monoisotopic (exact) mass is 383 g/mol. The minimum absolute atomic E-state index is 0.222. The largest absolute Gasteiger partial charge is 0.496 e. The maximum atomic E-state index is 12.6. The van der Waals surface area contributed by atoms with Gasteiger partial charge in [-0.3, -0.25) is 15.0 Å². The first-order valence-corrected chi connectivity index (χ1v) is 9.68. The quantitative estimate of drug-likeness (QED) is 0.732. The molecule has 140 valence electrons. The standard InChI is InChI=1S/C20H21N3O3S/c1-25-17-5-3-2-4-15(17)19(24)22-20-21-16-7-6-14(12-18(16)27-20)13-23-8-10-26-11-9-23/h2-7,12H,8-11,13H2,1H3,(H,21,22,24). The van der Waals surface area contributed by atoms with Crippen molar-refractivity contribution in [2.24, 2.45) is 0 Å². The van der Waals surface area contributed by atoms with Crippen molar-refractivity contribution in [3.05, 3.63) is 53.6 Å². The number of carbonyl (C=O) groups excluding carboxylic acids is 1. The fourth-order valence-corrected chi connectivity index (χ4v) is 4.06. The average molecular weight is 383 g/mol. The number of ether oxygens (including phenoxy) is 2. The summed E-state index contributed by atoms with van der Waals surface area (Å²) < 4.78 is 11.7. The lowest BCUT2D eigenvalue weighted by molar-refractivity contribution is 0.0342. The average Bonchev–Trinajstić information content (AvgIpc) is 3.10. The molecule has 2 aromatic carbocycles. The number of amides is 1. The van der Waals surface area contributed by atoms with Gasteiger partial charge in [-0.2, -0.15) is 0 Å². The topological polar surface area (TPSA) is 63.7 Å². The Morgan fingerprint density at radius 1 is 1.26 bits per heavy atom. The van der Waals surface area contributed by atoms with Crippen molar-refractivity contribution in [3.8, 4) is 5.75 Å². The van der Waals surface area contributed by atoms with Crippen LogP contribution >= 0.6 is 11.3 Å². The summed E-state index contributed by atoms with van der Waals surface area (Å²) in [5.41, 5.74) is 2.63. The van der Waals surface area contributed by atoms with Gasteiger partial charge < -0.3 is 9.47 Å². The molecule has 0 unspecified atom stereocenters. The molecule has 1 saturated heterocycles. The van der Waals surface area contributed by atoms with Gasteiger partial charge in [-0.1, -0.05) is 29.5 Å². The maximum absolute atomic E-state index is 12.6. The van der Waals surface area contributed by atoms with Crippen molar-refractivity contribution in [1.29, 1.82) is 0 Å². The molecule has 0 atom stereocenters. The van der Waals surface area contributed by atoms with Crippen molar-refractivity contribution in [2.75, 3.05) is 38.7 Å². The number of methoxy groups -OCH3 is 1. The molecule has 1 aromatic heterocycles. The van der Waals surface area contributed by atoms with Gasteiger partial charge in [0.2, 0.25) is 0 Å². The van der Waals surface area contributed by atoms with Gasteiger partial charge in [-0.25, -0.2) is 4.98 Å². The summed E-state index contributed by atoms with van der Waals surface area (Å²) in [6, 6.07) is 13.4. The van der Waals surface area contributed by atoms with Crippen LogP contribution in [0.1, 0.15) is 15.9 Å². The van der Waals surface area contributed by atoms with Crippen LogP contribution < -0.4 is 10.1 Å². The first-order chi connectivity index (χ1) is 13.2. The lowest BCUT2D eigenvalue weighted by Crippen LogP contribution is -2.35. The van der Waals surface area contributed by atoms with Gasteiger partial charge in [0.1, 0.15) is 5.75 Å². The molecule has 1 aliphatic rings. The fourth-order valence-electron chi connectivity index (χ4n) is 3.14. The van der Waals surface area contributed by atoms with Crippen LogP contribution in [-0.2, 0) is 11.3 Å². The predicted molar refractivity (Wildman–Crippen MR) is 107 cm³/mol. The Morgan fingerprint density at radius 2 is 2.07 bits per heavy atom. The molecule has 0 radical (unpaired) electrons. The number of morpholine rings is 1. The predicted octanol–water partition coefficient (Wildman–Crippen LogP) is 3.39. The summed E-state index contributed by atoms with van der Waals surface area (Å²) in [5.74, 6) is 0.323. The molecule has 1 fully saturated rings. The summed E-state index contributed by atoms with van der Waals surface area (Å²) in [5, 5.41) is 3.47. The molecule has 7 heteroatoms. The van der Waals surface area contributed by atoms with E-state index in [0.717, 1.165) is 43.1 Å². The molecule has 0 saturated carbocycles. The number of rotatable bonds is 5. The Hall–Kier alpha value is -2.48. The van der Waals surface area contributed by atoms with Gasteiger partial charge in [0.25, 0.3) is 5.91 Å². The molecule has 2 heterocycles. The van der Waals surface area contributed by atoms with Crippen LogP contribution in [0.25, 0.3) is 10.2 Å². The summed E-state index contributed by atoms with van der Waals surface area (Å²) in [6.07, 6.45) is 0. The number of aromatic nitrogens is 1. The number of nitrogens with one attached hydrogen (secondary N) is 1. The molecule has 0 bridgehead atoms. The number of nitrogens with zero attached hydrogens (tertiary/aromatic N) is 2. The van der Waals surface area contributed by atoms with E-state index in [1.165, 1.54) is 16.9 Å². The van der Waals surface area contributed by atoms with Crippen molar-refractivity contribution in [1.82, 2.24) is 9.88 Å². The molecular weight excluding hydrogens is 362 g/mol. The van der Waals surface area contributed by atoms with Crippen molar-refractivity contribution < 1.29 is 14.3 Å². The van der Waals surface area contributed by atoms with E-state index in [4.69, 9.17) is 9.47 Å². The van der Waals surface area contributed by atoms with E-state index in [1.54, 1.807) is 19.2 Å². The van der Waals surface area contributed by atoms with E-state index in [0.29, 0.717) is 16.4 Å². The zero-order valence-electron chi connectivity index (χ0n) is 15.1. The minimum Gasteiger partial charge on any atom is -0.496 e. The Balaban J connectivity index is 1.50. The number of hydrogen-bond donors (Lipinski definition) is 1. The number of thiazole rings is 1. The fraction of sp³-hybridized carbons (Fsp3) is 0.300. The first kappa shape index (κ1) is 17.9. The normalized spacial score (nSPS) is 15.0. The van der Waals surface area contributed by atoms with E-state index in [9.17, 15) is 4.79 Å². The molecule has 1 amide bonds. The number of carbonyl (C=O) groups is 1. The lowest BCUT2D eigenvalue weighted by Gasteiger charge is -2.26.